The number of nitrogens with one attached hydrogen (secondary N) is 1. The number of ether oxygens (including phenoxy) is 1. The van der Waals surface area contributed by atoms with Gasteiger partial charge in [-0.1, -0.05) is 56.7 Å². The lowest BCUT2D eigenvalue weighted by Crippen LogP contribution is -2.52. The molecule has 0 saturated carbocycles. The molecule has 2 aliphatic rings. The number of alkyl halides is 4. The molecular formula is C34H38ClF4N9O3. The van der Waals surface area contributed by atoms with Crippen molar-refractivity contribution in [2.24, 2.45) is 22.1 Å². The maximum Gasteiger partial charge on any atom is 0.407 e. The van der Waals surface area contributed by atoms with E-state index < -0.39 is 65.7 Å². The largest absolute Gasteiger partial charge is 0.447 e. The van der Waals surface area contributed by atoms with Crippen molar-refractivity contribution in [3.63, 3.8) is 0 Å². The van der Waals surface area contributed by atoms with Crippen molar-refractivity contribution in [1.82, 2.24) is 34.9 Å². The number of carbonyl (C=O) groups excluding carboxylic acids is 2. The molecule has 1 unspecified atom stereocenters. The van der Waals surface area contributed by atoms with Crippen LogP contribution < -0.4 is 11.1 Å². The molecule has 5 rings (SSSR count). The Hall–Kier alpha value is -4.86. The zero-order valence-corrected chi connectivity index (χ0v) is 29.3. The molecule has 0 saturated heterocycles. The standard InChI is InChI=1S/C34H38ClF4N9O3/c1-32(2,3)17-34(21-10-7-19(8-11-21)26-41-13-6-14-42-26)29(49)47(30(40)45-34)24(16-51-31(50)46-33(4,5)28(38)39)20-9-12-22(35)23(15-20)48-27(25(36)37)43-18-44-48/h6-10,12-15,18,21,24-25,28H,11,16-17H2,1-5H3,(H2,40,45)(H,46,50)/t21?,24-,34-/m1/s1. The van der Waals surface area contributed by atoms with Crippen LogP contribution in [0.1, 0.15) is 77.1 Å². The van der Waals surface area contributed by atoms with Crippen LogP contribution in [-0.2, 0) is 9.53 Å². The number of benzene rings is 1. The fourth-order valence-corrected chi connectivity index (χ4v) is 6.31. The first kappa shape index (κ1) is 37.4. The van der Waals surface area contributed by atoms with E-state index in [-0.39, 0.29) is 28.7 Å². The molecular weight excluding hydrogens is 694 g/mol. The van der Waals surface area contributed by atoms with Crippen LogP contribution in [0.3, 0.4) is 0 Å². The molecule has 3 atom stereocenters. The second-order valence-electron chi connectivity index (χ2n) is 14.0. The van der Waals surface area contributed by atoms with E-state index in [0.717, 1.165) is 30.4 Å². The van der Waals surface area contributed by atoms with Gasteiger partial charge in [0.2, 0.25) is 0 Å². The lowest BCUT2D eigenvalue weighted by atomic mass is 9.70. The number of halogens is 5. The van der Waals surface area contributed by atoms with Crippen LogP contribution >= 0.6 is 11.6 Å². The number of aliphatic imine (C=N–C) groups is 1. The summed E-state index contributed by atoms with van der Waals surface area (Å²) in [6.45, 7) is 7.54. The molecule has 1 aliphatic heterocycles. The molecule has 1 aromatic carbocycles. The third-order valence-corrected chi connectivity index (χ3v) is 8.81. The van der Waals surface area contributed by atoms with Crippen molar-refractivity contribution in [1.29, 1.82) is 0 Å². The van der Waals surface area contributed by atoms with E-state index in [1.165, 1.54) is 23.1 Å². The molecule has 12 nitrogen and oxygen atoms in total. The molecule has 0 fully saturated rings. The molecule has 2 aromatic heterocycles. The quantitative estimate of drug-likeness (QED) is 0.214. The van der Waals surface area contributed by atoms with Crippen molar-refractivity contribution < 1.29 is 31.9 Å². The minimum absolute atomic E-state index is 0.00521. The summed E-state index contributed by atoms with van der Waals surface area (Å²) in [6, 6.07) is 4.78. The van der Waals surface area contributed by atoms with Crippen LogP contribution in [0.2, 0.25) is 5.02 Å². The number of alkyl carbamates (subject to hydrolysis) is 1. The summed E-state index contributed by atoms with van der Waals surface area (Å²) in [5, 5.41) is 6.05. The van der Waals surface area contributed by atoms with Crippen molar-refractivity contribution in [2.45, 2.75) is 77.4 Å². The van der Waals surface area contributed by atoms with Gasteiger partial charge in [-0.05, 0) is 55.9 Å². The molecule has 0 radical (unpaired) electrons. The van der Waals surface area contributed by atoms with Gasteiger partial charge in [0, 0.05) is 23.9 Å². The van der Waals surface area contributed by atoms with E-state index in [1.54, 1.807) is 18.5 Å². The van der Waals surface area contributed by atoms with Gasteiger partial charge in [0.05, 0.1) is 22.3 Å². The van der Waals surface area contributed by atoms with Crippen molar-refractivity contribution >= 4 is 35.1 Å². The van der Waals surface area contributed by atoms with Crippen LogP contribution in [0, 0.1) is 11.3 Å². The predicted octanol–water partition coefficient (Wildman–Crippen LogP) is 6.45. The fraction of sp³-hybridized carbons (Fsp3) is 0.441. The lowest BCUT2D eigenvalue weighted by molar-refractivity contribution is -0.136. The molecule has 3 aromatic rings. The number of nitrogens with zero attached hydrogens (tertiary/aromatic N) is 7. The van der Waals surface area contributed by atoms with E-state index in [2.05, 4.69) is 25.4 Å². The van der Waals surface area contributed by atoms with Crippen LogP contribution in [0.25, 0.3) is 11.3 Å². The van der Waals surface area contributed by atoms with Crippen LogP contribution in [-0.4, -0.2) is 71.7 Å². The van der Waals surface area contributed by atoms with E-state index >= 15 is 0 Å². The van der Waals surface area contributed by atoms with Crippen LogP contribution in [0.5, 0.6) is 0 Å². The van der Waals surface area contributed by atoms with E-state index in [0.29, 0.717) is 12.2 Å². The van der Waals surface area contributed by atoms with Gasteiger partial charge < -0.3 is 15.8 Å². The van der Waals surface area contributed by atoms with Gasteiger partial charge in [0.15, 0.2) is 23.1 Å². The lowest BCUT2D eigenvalue weighted by Gasteiger charge is -2.38. The highest BCUT2D eigenvalue weighted by Gasteiger charge is 2.55. The Bertz CT molecular complexity index is 1860. The molecule has 0 bridgehead atoms. The molecule has 0 spiro atoms. The summed E-state index contributed by atoms with van der Waals surface area (Å²) in [4.78, 5) is 46.0. The number of carbonyl (C=O) groups is 2. The minimum atomic E-state index is -3.00. The predicted molar refractivity (Wildman–Crippen MR) is 181 cm³/mol. The first-order valence-electron chi connectivity index (χ1n) is 16.0. The highest BCUT2D eigenvalue weighted by atomic mass is 35.5. The molecule has 51 heavy (non-hydrogen) atoms. The Morgan fingerprint density at radius 2 is 1.84 bits per heavy atom. The first-order valence-corrected chi connectivity index (χ1v) is 16.4. The van der Waals surface area contributed by atoms with Crippen LogP contribution in [0.4, 0.5) is 22.4 Å². The van der Waals surface area contributed by atoms with Gasteiger partial charge in [0.1, 0.15) is 12.9 Å². The Morgan fingerprint density at radius 1 is 1.14 bits per heavy atom. The van der Waals surface area contributed by atoms with E-state index in [9.17, 15) is 27.2 Å². The average molecular weight is 732 g/mol. The minimum Gasteiger partial charge on any atom is -0.447 e. The third-order valence-electron chi connectivity index (χ3n) is 8.49. The number of nitrogens with two attached hydrogens (primary N) is 1. The number of aromatic nitrogens is 5. The highest BCUT2D eigenvalue weighted by Crippen LogP contribution is 2.46. The number of guanidine groups is 1. The maximum atomic E-state index is 14.9. The van der Waals surface area contributed by atoms with Gasteiger partial charge in [0.25, 0.3) is 18.8 Å². The van der Waals surface area contributed by atoms with Crippen LogP contribution in [0.15, 0.2) is 66.2 Å². The molecule has 17 heteroatoms. The Labute approximate surface area is 296 Å². The summed E-state index contributed by atoms with van der Waals surface area (Å²) in [6.07, 6.45) is 3.37. The van der Waals surface area contributed by atoms with Gasteiger partial charge in [-0.2, -0.15) is 5.10 Å². The fourth-order valence-electron chi connectivity index (χ4n) is 6.12. The SMILES string of the molecule is CC(C)(C)C[C@]1(C2C=CC(c3ncccn3)=CC2)N=C(N)N([C@H](COC(=O)NC(C)(C)C(F)F)c2ccc(Cl)c(-n3ncnc3C(F)F)c2)C1=O. The van der Waals surface area contributed by atoms with Crippen molar-refractivity contribution in [2.75, 3.05) is 6.61 Å². The summed E-state index contributed by atoms with van der Waals surface area (Å²) in [7, 11) is 0. The smallest absolute Gasteiger partial charge is 0.407 e. The molecule has 1 aliphatic carbocycles. The second-order valence-corrected chi connectivity index (χ2v) is 14.5. The van der Waals surface area contributed by atoms with Crippen molar-refractivity contribution in [3.05, 3.63) is 83.4 Å². The topological polar surface area (TPSA) is 154 Å². The second kappa shape index (κ2) is 14.4. The number of amides is 2. The number of hydrogen-bond donors (Lipinski definition) is 2. The maximum absolute atomic E-state index is 14.9. The molecule has 272 valence electrons. The number of allylic oxidation sites excluding steroid dienone is 3. The Morgan fingerprint density at radius 3 is 2.45 bits per heavy atom. The van der Waals surface area contributed by atoms with Gasteiger partial charge >= 0.3 is 6.09 Å². The third kappa shape index (κ3) is 7.90. The number of rotatable bonds is 11. The van der Waals surface area contributed by atoms with Gasteiger partial charge in [-0.25, -0.2) is 47.0 Å². The molecule has 2 amide bonds. The zero-order chi connectivity index (χ0) is 37.3. The Balaban J connectivity index is 1.56. The summed E-state index contributed by atoms with van der Waals surface area (Å²) in [5.41, 5.74) is 3.81. The summed E-state index contributed by atoms with van der Waals surface area (Å²) >= 11 is 6.44. The zero-order valence-electron chi connectivity index (χ0n) is 28.5. The average Bonchev–Trinajstić information content (AvgIpc) is 3.65. The monoisotopic (exact) mass is 731 g/mol. The highest BCUT2D eigenvalue weighted by molar-refractivity contribution is 6.32. The number of hydrogen-bond acceptors (Lipinski definition) is 9. The van der Waals surface area contributed by atoms with Gasteiger partial charge in [-0.15, -0.1) is 0 Å². The Kier molecular flexibility index (Phi) is 10.6. The first-order chi connectivity index (χ1) is 23.9. The normalized spacial score (nSPS) is 20.1. The molecule has 3 heterocycles. The van der Waals surface area contributed by atoms with Crippen molar-refractivity contribution in [3.8, 4) is 5.69 Å². The van der Waals surface area contributed by atoms with Gasteiger partial charge in [-0.3, -0.25) is 9.69 Å². The van der Waals surface area contributed by atoms with E-state index in [1.807, 2.05) is 39.0 Å². The molecule has 3 N–H and O–H groups in total. The summed E-state index contributed by atoms with van der Waals surface area (Å²) in [5.74, 6) is -1.33. The van der Waals surface area contributed by atoms with E-state index in [4.69, 9.17) is 27.1 Å². The summed E-state index contributed by atoms with van der Waals surface area (Å²) < 4.78 is 61.0.